The lowest BCUT2D eigenvalue weighted by molar-refractivity contribution is 0.768. The Labute approximate surface area is 364 Å². The van der Waals surface area contributed by atoms with Crippen LogP contribution in [0.1, 0.15) is 34.6 Å². The summed E-state index contributed by atoms with van der Waals surface area (Å²) in [4.78, 5) is 1.78. The zero-order chi connectivity index (χ0) is 47.7. The first-order chi connectivity index (χ1) is 33.5. The minimum absolute atomic E-state index is 0.0602. The first-order valence-corrected chi connectivity index (χ1v) is 20.0. The topological polar surface area (TPSA) is 3.24 Å². The Morgan fingerprint density at radius 1 is 0.350 bits per heavy atom. The van der Waals surface area contributed by atoms with E-state index in [1.54, 1.807) is 4.90 Å². The number of fused-ring (bicyclic) bond motifs is 4. The van der Waals surface area contributed by atoms with E-state index >= 15 is 0 Å². The largest absolute Gasteiger partial charge is 0.310 e. The van der Waals surface area contributed by atoms with Crippen molar-refractivity contribution in [2.75, 3.05) is 4.90 Å². The van der Waals surface area contributed by atoms with Crippen molar-refractivity contribution in [3.63, 3.8) is 0 Å². The van der Waals surface area contributed by atoms with Crippen molar-refractivity contribution in [1.82, 2.24) is 0 Å². The van der Waals surface area contributed by atoms with Crippen LogP contribution in [0.5, 0.6) is 0 Å². The molecule has 0 saturated heterocycles. The van der Waals surface area contributed by atoms with E-state index in [2.05, 4.69) is 91.0 Å². The molecule has 1 aliphatic carbocycles. The molecule has 0 spiro atoms. The quantitative estimate of drug-likeness (QED) is 0.149. The molecule has 0 unspecified atom stereocenters. The number of benzene rings is 10. The van der Waals surface area contributed by atoms with Crippen LogP contribution >= 0.6 is 0 Å². The van der Waals surface area contributed by atoms with E-state index in [4.69, 9.17) is 6.85 Å². The van der Waals surface area contributed by atoms with Gasteiger partial charge >= 0.3 is 0 Å². The molecule has 60 heavy (non-hydrogen) atoms. The van der Waals surface area contributed by atoms with Crippen molar-refractivity contribution in [3.05, 3.63) is 271 Å². The van der Waals surface area contributed by atoms with Crippen LogP contribution in [0.25, 0.3) is 55.3 Å². The van der Waals surface area contributed by atoms with Crippen LogP contribution in [0.4, 0.5) is 17.1 Å². The van der Waals surface area contributed by atoms with Gasteiger partial charge in [-0.2, -0.15) is 0 Å². The molecule has 0 aromatic heterocycles. The van der Waals surface area contributed by atoms with E-state index in [0.29, 0.717) is 11.4 Å². The molecule has 11 rings (SSSR count). The Hall–Kier alpha value is -7.74. The SMILES string of the molecule is [2H]c1c([2H])c([2H])c(-c2c([2H])c([2H])c(N(c3ccc(-c4cccc(-c5ccc6ccccc6c5)c4)cc3)c3cccc4c3-c3ccccc3C4(c3ccccc3)c3ccccc3)c([2H])c2[2H])c([2H])c1[2H]. The summed E-state index contributed by atoms with van der Waals surface area (Å²) in [7, 11) is 0. The molecule has 0 heterocycles. The lowest BCUT2D eigenvalue weighted by atomic mass is 9.68. The highest BCUT2D eigenvalue weighted by molar-refractivity contribution is 5.98. The van der Waals surface area contributed by atoms with Crippen LogP contribution in [0.15, 0.2) is 249 Å². The van der Waals surface area contributed by atoms with Gasteiger partial charge in [0.2, 0.25) is 0 Å². The van der Waals surface area contributed by atoms with Crippen LogP contribution in [0, 0.1) is 0 Å². The van der Waals surface area contributed by atoms with E-state index in [-0.39, 0.29) is 11.3 Å². The minimum Gasteiger partial charge on any atom is -0.310 e. The zero-order valence-corrected chi connectivity index (χ0v) is 32.4. The summed E-state index contributed by atoms with van der Waals surface area (Å²) in [5.74, 6) is 0. The first-order valence-electron chi connectivity index (χ1n) is 24.5. The van der Waals surface area contributed by atoms with Gasteiger partial charge in [0.1, 0.15) is 0 Å². The zero-order valence-electron chi connectivity index (χ0n) is 41.4. The second-order valence-corrected chi connectivity index (χ2v) is 15.0. The Kier molecular flexibility index (Phi) is 6.71. The van der Waals surface area contributed by atoms with Crippen molar-refractivity contribution in [2.45, 2.75) is 5.41 Å². The Morgan fingerprint density at radius 3 is 1.65 bits per heavy atom. The van der Waals surface area contributed by atoms with Crippen LogP contribution in [-0.2, 0) is 5.41 Å². The number of rotatable bonds is 8. The van der Waals surface area contributed by atoms with E-state index in [1.807, 2.05) is 103 Å². The van der Waals surface area contributed by atoms with Gasteiger partial charge in [-0.15, -0.1) is 0 Å². The highest BCUT2D eigenvalue weighted by Crippen LogP contribution is 2.59. The monoisotopic (exact) mass is 772 g/mol. The summed E-state index contributed by atoms with van der Waals surface area (Å²) in [5.41, 5.74) is 9.52. The van der Waals surface area contributed by atoms with Gasteiger partial charge < -0.3 is 4.90 Å². The number of anilines is 3. The van der Waals surface area contributed by atoms with Gasteiger partial charge in [0.15, 0.2) is 0 Å². The molecule has 0 atom stereocenters. The fraction of sp³-hybridized carbons (Fsp3) is 0.0169. The van der Waals surface area contributed by atoms with Gasteiger partial charge in [-0.25, -0.2) is 0 Å². The van der Waals surface area contributed by atoms with Gasteiger partial charge in [-0.3, -0.25) is 0 Å². The van der Waals surface area contributed by atoms with Crippen LogP contribution in [0.2, 0.25) is 0 Å². The Morgan fingerprint density at radius 2 is 0.917 bits per heavy atom. The third kappa shape index (κ3) is 5.94. The molecule has 0 aliphatic heterocycles. The molecule has 1 nitrogen and oxygen atoms in total. The molecule has 1 aliphatic rings. The maximum Gasteiger partial charge on any atom is 0.0714 e. The van der Waals surface area contributed by atoms with E-state index in [0.717, 1.165) is 61.0 Å². The predicted octanol–water partition coefficient (Wildman–Crippen LogP) is 15.7. The molecule has 10 aromatic rings. The fourth-order valence-corrected chi connectivity index (χ4v) is 9.02. The molecule has 0 fully saturated rings. The summed E-state index contributed by atoms with van der Waals surface area (Å²) < 4.78 is 81.1. The Balaban J connectivity index is 1.15. The average Bonchev–Trinajstić information content (AvgIpc) is 3.71. The second kappa shape index (κ2) is 14.9. The molecule has 0 N–H and O–H groups in total. The number of hydrogen-bond acceptors (Lipinski definition) is 1. The lowest BCUT2D eigenvalue weighted by Gasteiger charge is -2.34. The molecular weight excluding hydrogens is 723 g/mol. The van der Waals surface area contributed by atoms with E-state index < -0.39 is 65.4 Å². The maximum atomic E-state index is 9.78. The number of nitrogens with zero attached hydrogens (tertiary/aromatic N) is 1. The first kappa shape index (κ1) is 27.0. The van der Waals surface area contributed by atoms with Crippen molar-refractivity contribution < 1.29 is 12.3 Å². The van der Waals surface area contributed by atoms with Crippen molar-refractivity contribution >= 4 is 27.8 Å². The van der Waals surface area contributed by atoms with Gasteiger partial charge in [0.25, 0.3) is 0 Å². The van der Waals surface area contributed by atoms with Crippen LogP contribution in [0.3, 0.4) is 0 Å². The molecule has 10 aromatic carbocycles. The van der Waals surface area contributed by atoms with Crippen molar-refractivity contribution in [2.24, 2.45) is 0 Å². The molecule has 0 bridgehead atoms. The summed E-state index contributed by atoms with van der Waals surface area (Å²) in [6.07, 6.45) is 0. The molecular formula is C59H41N. The molecule has 0 saturated carbocycles. The summed E-state index contributed by atoms with van der Waals surface area (Å²) in [5, 5.41) is 2.32. The lowest BCUT2D eigenvalue weighted by Crippen LogP contribution is -2.28. The molecule has 1 heteroatoms. The standard InChI is InChI=1S/C59H41N/c1-4-16-42(17-5-1)44-32-36-52(37-33-44)60(53-38-34-45(35-39-53)47-20-14-21-48(40-47)49-31-30-43-18-10-11-19-46(43)41-49)57-29-15-28-56-58(57)54-26-12-13-27-55(54)59(56,50-22-6-2-7-23-50)51-24-8-3-9-25-51/h1-41H/i1D,4D,5D,16D,17D,32D,33D,36D,37D. The van der Waals surface area contributed by atoms with Crippen molar-refractivity contribution in [1.29, 1.82) is 0 Å². The van der Waals surface area contributed by atoms with Gasteiger partial charge in [0.05, 0.1) is 23.4 Å². The van der Waals surface area contributed by atoms with E-state index in [9.17, 15) is 5.48 Å². The predicted molar refractivity (Wildman–Crippen MR) is 252 cm³/mol. The highest BCUT2D eigenvalue weighted by Gasteiger charge is 2.47. The summed E-state index contributed by atoms with van der Waals surface area (Å²) >= 11 is 0. The fourth-order valence-electron chi connectivity index (χ4n) is 9.02. The normalized spacial score (nSPS) is 14.6. The summed E-state index contributed by atoms with van der Waals surface area (Å²) in [6, 6.07) is 60.9. The molecule has 0 amide bonds. The smallest absolute Gasteiger partial charge is 0.0714 e. The van der Waals surface area contributed by atoms with Crippen LogP contribution < -0.4 is 4.90 Å². The van der Waals surface area contributed by atoms with E-state index in [1.165, 1.54) is 5.39 Å². The van der Waals surface area contributed by atoms with Gasteiger partial charge in [-0.05, 0) is 114 Å². The second-order valence-electron chi connectivity index (χ2n) is 15.0. The van der Waals surface area contributed by atoms with Crippen molar-refractivity contribution in [3.8, 4) is 44.5 Å². The molecule has 0 radical (unpaired) electrons. The molecule has 282 valence electrons. The maximum absolute atomic E-state index is 9.78. The highest BCUT2D eigenvalue weighted by atomic mass is 15.1. The number of hydrogen-bond donors (Lipinski definition) is 0. The van der Waals surface area contributed by atoms with Gasteiger partial charge in [0, 0.05) is 16.9 Å². The van der Waals surface area contributed by atoms with Gasteiger partial charge in [-0.1, -0.05) is 206 Å². The summed E-state index contributed by atoms with van der Waals surface area (Å²) in [6.45, 7) is 0. The Bertz CT molecular complexity index is 3570. The minimum atomic E-state index is -0.782. The van der Waals surface area contributed by atoms with Crippen LogP contribution in [-0.4, -0.2) is 0 Å². The average molecular weight is 773 g/mol. The third-order valence-electron chi connectivity index (χ3n) is 11.7. The third-order valence-corrected chi connectivity index (χ3v) is 11.7.